The van der Waals surface area contributed by atoms with Gasteiger partial charge in [0.1, 0.15) is 5.60 Å². The summed E-state index contributed by atoms with van der Waals surface area (Å²) >= 11 is 0. The highest BCUT2D eigenvalue weighted by Crippen LogP contribution is 2.19. The first-order chi connectivity index (χ1) is 9.01. The number of ether oxygens (including phenoxy) is 1. The van der Waals surface area contributed by atoms with Gasteiger partial charge >= 0.3 is 12.1 Å². The molecule has 0 radical (unpaired) electrons. The third kappa shape index (κ3) is 5.00. The second-order valence-electron chi connectivity index (χ2n) is 6.93. The maximum Gasteiger partial charge on any atom is 0.410 e. The highest BCUT2D eigenvalue weighted by molar-refractivity contribution is 5.73. The number of piperazine rings is 1. The Kier molecular flexibility index (Phi) is 5.02. The van der Waals surface area contributed by atoms with Crippen LogP contribution in [0.1, 0.15) is 34.6 Å². The maximum absolute atomic E-state index is 11.9. The molecule has 6 heteroatoms. The zero-order chi connectivity index (χ0) is 15.6. The quantitative estimate of drug-likeness (QED) is 0.854. The molecule has 116 valence electrons. The predicted molar refractivity (Wildman–Crippen MR) is 75.7 cm³/mol. The number of carboxylic acids is 1. The molecule has 1 amide bonds. The van der Waals surface area contributed by atoms with Crippen molar-refractivity contribution in [1.82, 2.24) is 9.80 Å². The molecule has 6 nitrogen and oxygen atoms in total. The standard InChI is InChI=1S/C14H26N2O4/c1-13(2,3)20-12(19)16-8-6-15(7-9-16)10-14(4,5)11(17)18/h6-10H2,1-5H3,(H,17,18). The van der Waals surface area contributed by atoms with Crippen molar-refractivity contribution in [3.8, 4) is 0 Å². The number of amides is 1. The van der Waals surface area contributed by atoms with Crippen LogP contribution >= 0.6 is 0 Å². The summed E-state index contributed by atoms with van der Waals surface area (Å²) in [5.41, 5.74) is -1.26. The van der Waals surface area contributed by atoms with Crippen molar-refractivity contribution in [2.24, 2.45) is 5.41 Å². The van der Waals surface area contributed by atoms with Crippen LogP contribution in [0.5, 0.6) is 0 Å². The van der Waals surface area contributed by atoms with Crippen molar-refractivity contribution in [1.29, 1.82) is 0 Å². The van der Waals surface area contributed by atoms with Crippen molar-refractivity contribution in [3.05, 3.63) is 0 Å². The molecular formula is C14H26N2O4. The smallest absolute Gasteiger partial charge is 0.410 e. The molecule has 1 rings (SSSR count). The van der Waals surface area contributed by atoms with Crippen LogP contribution < -0.4 is 0 Å². The summed E-state index contributed by atoms with van der Waals surface area (Å²) < 4.78 is 5.33. The fourth-order valence-corrected chi connectivity index (χ4v) is 2.04. The molecule has 1 aliphatic rings. The second-order valence-corrected chi connectivity index (χ2v) is 6.93. The van der Waals surface area contributed by atoms with Crippen molar-refractivity contribution in [2.75, 3.05) is 32.7 Å². The Morgan fingerprint density at radius 1 is 1.05 bits per heavy atom. The molecular weight excluding hydrogens is 260 g/mol. The molecule has 0 bridgehead atoms. The first-order valence-electron chi connectivity index (χ1n) is 6.95. The Morgan fingerprint density at radius 2 is 1.55 bits per heavy atom. The first-order valence-corrected chi connectivity index (χ1v) is 6.95. The number of carbonyl (C=O) groups is 2. The van der Waals surface area contributed by atoms with E-state index in [4.69, 9.17) is 9.84 Å². The molecule has 0 unspecified atom stereocenters. The lowest BCUT2D eigenvalue weighted by Gasteiger charge is -2.37. The average molecular weight is 286 g/mol. The van der Waals surface area contributed by atoms with Crippen molar-refractivity contribution in [2.45, 2.75) is 40.2 Å². The second kappa shape index (κ2) is 5.99. The summed E-state index contributed by atoms with van der Waals surface area (Å²) in [6.45, 7) is 12.0. The molecule has 1 N–H and O–H groups in total. The van der Waals surface area contributed by atoms with Gasteiger partial charge in [0, 0.05) is 32.7 Å². The van der Waals surface area contributed by atoms with Crippen LogP contribution in [0.3, 0.4) is 0 Å². The van der Waals surface area contributed by atoms with Gasteiger partial charge in [0.2, 0.25) is 0 Å². The van der Waals surface area contributed by atoms with E-state index in [0.717, 1.165) is 0 Å². The molecule has 1 heterocycles. The number of aliphatic carboxylic acids is 1. The summed E-state index contributed by atoms with van der Waals surface area (Å²) in [4.78, 5) is 26.8. The molecule has 0 aliphatic carbocycles. The van der Waals surface area contributed by atoms with Gasteiger partial charge < -0.3 is 14.7 Å². The van der Waals surface area contributed by atoms with Crippen LogP contribution in [-0.4, -0.2) is 65.3 Å². The van der Waals surface area contributed by atoms with Gasteiger partial charge in [-0.25, -0.2) is 4.79 Å². The van der Waals surface area contributed by atoms with E-state index in [0.29, 0.717) is 32.7 Å². The minimum absolute atomic E-state index is 0.297. The monoisotopic (exact) mass is 286 g/mol. The van der Waals surface area contributed by atoms with Gasteiger partial charge in [-0.1, -0.05) is 0 Å². The summed E-state index contributed by atoms with van der Waals surface area (Å²) in [5, 5.41) is 9.13. The average Bonchev–Trinajstić information content (AvgIpc) is 2.26. The van der Waals surface area contributed by atoms with E-state index in [1.807, 2.05) is 20.8 Å². The van der Waals surface area contributed by atoms with Gasteiger partial charge in [-0.3, -0.25) is 9.69 Å². The molecule has 0 saturated carbocycles. The zero-order valence-corrected chi connectivity index (χ0v) is 13.1. The summed E-state index contributed by atoms with van der Waals surface area (Å²) in [6, 6.07) is 0. The first kappa shape index (κ1) is 16.8. The number of hydrogen-bond acceptors (Lipinski definition) is 4. The molecule has 0 atom stereocenters. The minimum atomic E-state index is -0.799. The predicted octanol–water partition coefficient (Wildman–Crippen LogP) is 1.65. The summed E-state index contributed by atoms with van der Waals surface area (Å²) in [6.07, 6.45) is -0.297. The lowest BCUT2D eigenvalue weighted by molar-refractivity contribution is -0.148. The van der Waals surface area contributed by atoms with Crippen LogP contribution in [-0.2, 0) is 9.53 Å². The maximum atomic E-state index is 11.9. The van der Waals surface area contributed by atoms with E-state index >= 15 is 0 Å². The molecule has 0 aromatic rings. The Morgan fingerprint density at radius 3 is 1.95 bits per heavy atom. The van der Waals surface area contributed by atoms with Crippen LogP contribution in [0.4, 0.5) is 4.79 Å². The van der Waals surface area contributed by atoms with E-state index in [-0.39, 0.29) is 6.09 Å². The molecule has 0 spiro atoms. The van der Waals surface area contributed by atoms with Crippen molar-refractivity contribution >= 4 is 12.1 Å². The number of carboxylic acid groups (broad SMARTS) is 1. The Labute approximate surface area is 120 Å². The Bertz CT molecular complexity index is 366. The lowest BCUT2D eigenvalue weighted by Crippen LogP contribution is -2.52. The van der Waals surface area contributed by atoms with Gasteiger partial charge in [0.25, 0.3) is 0 Å². The third-order valence-corrected chi connectivity index (χ3v) is 3.22. The number of rotatable bonds is 3. The van der Waals surface area contributed by atoms with Crippen LogP contribution in [0.2, 0.25) is 0 Å². The Balaban J connectivity index is 2.44. The largest absolute Gasteiger partial charge is 0.481 e. The van der Waals surface area contributed by atoms with Crippen LogP contribution in [0, 0.1) is 5.41 Å². The highest BCUT2D eigenvalue weighted by Gasteiger charge is 2.32. The van der Waals surface area contributed by atoms with Gasteiger partial charge in [-0.2, -0.15) is 0 Å². The van der Waals surface area contributed by atoms with Gasteiger partial charge in [0.05, 0.1) is 5.41 Å². The van der Waals surface area contributed by atoms with E-state index in [1.54, 1.807) is 18.7 Å². The fraction of sp³-hybridized carbons (Fsp3) is 0.857. The SMILES string of the molecule is CC(C)(C)OC(=O)N1CCN(CC(C)(C)C(=O)O)CC1. The third-order valence-electron chi connectivity index (χ3n) is 3.22. The van der Waals surface area contributed by atoms with E-state index in [1.165, 1.54) is 0 Å². The molecule has 0 aromatic carbocycles. The van der Waals surface area contributed by atoms with Gasteiger partial charge in [0.15, 0.2) is 0 Å². The molecule has 1 saturated heterocycles. The molecule has 1 aliphatic heterocycles. The highest BCUT2D eigenvalue weighted by atomic mass is 16.6. The number of hydrogen-bond donors (Lipinski definition) is 1. The van der Waals surface area contributed by atoms with E-state index in [2.05, 4.69) is 4.90 Å². The van der Waals surface area contributed by atoms with Crippen molar-refractivity contribution in [3.63, 3.8) is 0 Å². The van der Waals surface area contributed by atoms with Crippen LogP contribution in [0.15, 0.2) is 0 Å². The van der Waals surface area contributed by atoms with E-state index in [9.17, 15) is 9.59 Å². The summed E-state index contributed by atoms with van der Waals surface area (Å²) in [5.74, 6) is -0.799. The zero-order valence-electron chi connectivity index (χ0n) is 13.1. The minimum Gasteiger partial charge on any atom is -0.481 e. The van der Waals surface area contributed by atoms with Crippen LogP contribution in [0.25, 0.3) is 0 Å². The molecule has 20 heavy (non-hydrogen) atoms. The normalized spacial score (nSPS) is 17.9. The molecule has 0 aromatic heterocycles. The van der Waals surface area contributed by atoms with E-state index < -0.39 is 17.0 Å². The number of carbonyl (C=O) groups excluding carboxylic acids is 1. The molecule has 1 fully saturated rings. The Hall–Kier alpha value is -1.30. The van der Waals surface area contributed by atoms with Gasteiger partial charge in [-0.05, 0) is 34.6 Å². The lowest BCUT2D eigenvalue weighted by atomic mass is 9.93. The van der Waals surface area contributed by atoms with Gasteiger partial charge in [-0.15, -0.1) is 0 Å². The van der Waals surface area contributed by atoms with Crippen molar-refractivity contribution < 1.29 is 19.4 Å². The topological polar surface area (TPSA) is 70.1 Å². The fourth-order valence-electron chi connectivity index (χ4n) is 2.04. The summed E-state index contributed by atoms with van der Waals surface area (Å²) in [7, 11) is 0. The number of nitrogens with zero attached hydrogens (tertiary/aromatic N) is 2.